The maximum Gasteiger partial charge on any atom is 0.410 e. The number of rotatable bonds is 22. The van der Waals surface area contributed by atoms with E-state index >= 15 is 4.39 Å². The third-order valence-electron chi connectivity index (χ3n) is 10.3. The lowest BCUT2D eigenvalue weighted by atomic mass is 10.2. The summed E-state index contributed by atoms with van der Waals surface area (Å²) in [6, 6.07) is 15.8. The van der Waals surface area contributed by atoms with Gasteiger partial charge in [-0.2, -0.15) is 4.99 Å². The van der Waals surface area contributed by atoms with Gasteiger partial charge in [0.1, 0.15) is 12.3 Å². The van der Waals surface area contributed by atoms with Crippen molar-refractivity contribution in [3.8, 4) is 17.6 Å². The van der Waals surface area contributed by atoms with Crippen molar-refractivity contribution in [2.24, 2.45) is 4.99 Å². The van der Waals surface area contributed by atoms with Crippen LogP contribution in [0, 0.1) is 24.6 Å². The number of hydrogen-bond donors (Lipinski definition) is 0. The molecule has 14 nitrogen and oxygen atoms in total. The maximum absolute atomic E-state index is 15.1. The number of carbonyl (C=O) groups excluding carboxylic acids is 2. The zero-order valence-electron chi connectivity index (χ0n) is 41.0. The Morgan fingerprint density at radius 3 is 2.37 bits per heavy atom. The Labute approximate surface area is 404 Å². The molecular formula is C49H67FN8O6S2Si. The first-order valence-electron chi connectivity index (χ1n) is 22.7. The number of unbranched alkanes of at least 4 members (excludes halogenated alkanes) is 3. The number of ether oxygens (including phenoxy) is 4. The average Bonchev–Trinajstić information content (AvgIpc) is 3.84. The largest absolute Gasteiger partial charge is 0.491 e. The van der Waals surface area contributed by atoms with E-state index in [4.69, 9.17) is 34.0 Å². The minimum absolute atomic E-state index is 0.0865. The molecule has 0 radical (unpaired) electrons. The van der Waals surface area contributed by atoms with E-state index in [1.807, 2.05) is 30.0 Å². The summed E-state index contributed by atoms with van der Waals surface area (Å²) in [5, 5.41) is 9.98. The van der Waals surface area contributed by atoms with Crippen molar-refractivity contribution in [1.29, 1.82) is 0 Å². The normalized spacial score (nSPS) is 12.0. The molecule has 3 aromatic heterocycles. The Hall–Kier alpha value is -5.19. The van der Waals surface area contributed by atoms with Gasteiger partial charge >= 0.3 is 12.1 Å². The Kier molecular flexibility index (Phi) is 19.5. The number of methoxy groups -OCH3 is 1. The molecule has 67 heavy (non-hydrogen) atoms. The predicted octanol–water partition coefficient (Wildman–Crippen LogP) is 10.2. The summed E-state index contributed by atoms with van der Waals surface area (Å²) in [7, 11) is 5.84. The average molecular weight is 975 g/mol. The van der Waals surface area contributed by atoms with Crippen LogP contribution in [0.5, 0.6) is 5.75 Å². The predicted molar refractivity (Wildman–Crippen MR) is 269 cm³/mol. The molecule has 5 aromatic rings. The number of halogens is 1. The van der Waals surface area contributed by atoms with Crippen molar-refractivity contribution >= 4 is 69.8 Å². The molecule has 0 aliphatic heterocycles. The number of aryl methyl sites for hydroxylation is 2. The topological polar surface area (TPSA) is 137 Å². The minimum atomic E-state index is -1.25. The van der Waals surface area contributed by atoms with Crippen LogP contribution in [-0.2, 0) is 27.4 Å². The number of hydrogen-bond acceptors (Lipinski definition) is 14. The van der Waals surface area contributed by atoms with Crippen LogP contribution in [0.1, 0.15) is 79.4 Å². The maximum atomic E-state index is 15.1. The zero-order valence-corrected chi connectivity index (χ0v) is 43.7. The van der Waals surface area contributed by atoms with E-state index < -0.39 is 31.6 Å². The Morgan fingerprint density at radius 2 is 1.69 bits per heavy atom. The van der Waals surface area contributed by atoms with E-state index in [2.05, 4.69) is 72.3 Å². The van der Waals surface area contributed by atoms with E-state index in [0.717, 1.165) is 63.7 Å². The summed E-state index contributed by atoms with van der Waals surface area (Å²) in [5.41, 5.74) is 1.94. The molecule has 3 heterocycles. The standard InChI is InChI=1S/C49H67FN8O6S2Si/c1-35-32-42(53-54-44(35)52-47-58(34-62-30-31-67(9,10)11)38-21-14-15-22-40(38)65-47)57(28-17-13-12-16-26-55(5)6)46-51-43(45(59)61-8)41(66-46)23-19-29-63-39-25-24-36(33-37(39)50)20-18-27-56(7)48(60)64-49(2,3)4/h14-15,21-22,24-25,32-33H,12-13,16-17,19,23,26-31,34H2,1-11H3. The Morgan fingerprint density at radius 1 is 0.940 bits per heavy atom. The number of amides is 1. The molecule has 0 fully saturated rings. The molecule has 5 rings (SSSR count). The SMILES string of the molecule is COC(=O)c1nc(N(CCCCCCN(C)C)c2cc(C)c(N=c3sc4ccccc4n3COCC[Si](C)(C)C)nn2)sc1CCCOc1ccc(C#CCN(C)C(=O)OC(C)(C)C)cc1F. The summed E-state index contributed by atoms with van der Waals surface area (Å²) in [6.07, 6.45) is 4.47. The number of thiazole rings is 2. The summed E-state index contributed by atoms with van der Waals surface area (Å²) in [4.78, 5) is 42.3. The van der Waals surface area contributed by atoms with E-state index in [1.165, 1.54) is 35.5 Å². The first-order chi connectivity index (χ1) is 31.8. The third-order valence-corrected chi connectivity index (χ3v) is 14.2. The van der Waals surface area contributed by atoms with Gasteiger partial charge in [0.15, 0.2) is 38.8 Å². The van der Waals surface area contributed by atoms with Gasteiger partial charge in [-0.1, -0.05) is 67.8 Å². The zero-order chi connectivity index (χ0) is 48.7. The van der Waals surface area contributed by atoms with E-state index in [1.54, 1.807) is 45.2 Å². The molecule has 0 unspecified atom stereocenters. The van der Waals surface area contributed by atoms with Crippen molar-refractivity contribution in [2.45, 2.75) is 104 Å². The lowest BCUT2D eigenvalue weighted by molar-refractivity contribution is 0.0320. The summed E-state index contributed by atoms with van der Waals surface area (Å²) in [6.45, 7) is 17.4. The number of anilines is 2. The lowest BCUT2D eigenvalue weighted by Gasteiger charge is -2.23. The van der Waals surface area contributed by atoms with Crippen LogP contribution < -0.4 is 14.4 Å². The van der Waals surface area contributed by atoms with Gasteiger partial charge in [0.05, 0.1) is 30.5 Å². The van der Waals surface area contributed by atoms with Crippen LogP contribution in [0.4, 0.5) is 26.0 Å². The highest BCUT2D eigenvalue weighted by Gasteiger charge is 2.25. The Bertz CT molecular complexity index is 2570. The summed E-state index contributed by atoms with van der Waals surface area (Å²) < 4.78 is 40.9. The molecule has 18 heteroatoms. The van der Waals surface area contributed by atoms with E-state index in [-0.39, 0.29) is 24.6 Å². The number of esters is 1. The highest BCUT2D eigenvalue weighted by atomic mass is 32.1. The number of para-hydroxylation sites is 1. The molecule has 362 valence electrons. The van der Waals surface area contributed by atoms with Gasteiger partial charge in [-0.25, -0.2) is 19.0 Å². The fraction of sp³-hybridized carbons (Fsp3) is 0.510. The van der Waals surface area contributed by atoms with Gasteiger partial charge in [0.25, 0.3) is 0 Å². The third kappa shape index (κ3) is 16.5. The van der Waals surface area contributed by atoms with E-state index in [0.29, 0.717) is 55.1 Å². The van der Waals surface area contributed by atoms with Gasteiger partial charge in [-0.3, -0.25) is 4.57 Å². The van der Waals surface area contributed by atoms with Crippen LogP contribution in [-0.4, -0.2) is 116 Å². The molecule has 0 aliphatic rings. The van der Waals surface area contributed by atoms with Crippen LogP contribution in [0.2, 0.25) is 25.7 Å². The first kappa shape index (κ1) is 52.8. The highest BCUT2D eigenvalue weighted by Crippen LogP contribution is 2.34. The monoisotopic (exact) mass is 974 g/mol. The highest BCUT2D eigenvalue weighted by molar-refractivity contribution is 7.16. The molecule has 2 aromatic carbocycles. The van der Waals surface area contributed by atoms with Crippen molar-refractivity contribution in [2.75, 3.05) is 66.0 Å². The second-order valence-corrected chi connectivity index (χ2v) is 26.5. The fourth-order valence-corrected chi connectivity index (χ4v) is 9.48. The summed E-state index contributed by atoms with van der Waals surface area (Å²) in [5.74, 6) is 5.86. The number of carbonyl (C=O) groups is 2. The van der Waals surface area contributed by atoms with Crippen LogP contribution in [0.15, 0.2) is 53.5 Å². The minimum Gasteiger partial charge on any atom is -0.491 e. The van der Waals surface area contributed by atoms with Crippen molar-refractivity contribution in [3.05, 3.63) is 80.8 Å². The first-order valence-corrected chi connectivity index (χ1v) is 28.1. The number of benzene rings is 2. The lowest BCUT2D eigenvalue weighted by Crippen LogP contribution is -2.34. The quantitative estimate of drug-likeness (QED) is 0.0284. The molecular weight excluding hydrogens is 908 g/mol. The summed E-state index contributed by atoms with van der Waals surface area (Å²) >= 11 is 2.98. The molecule has 0 N–H and O–H groups in total. The van der Waals surface area contributed by atoms with Crippen molar-refractivity contribution in [1.82, 2.24) is 29.5 Å². The molecule has 0 atom stereocenters. The number of fused-ring (bicyclic) bond motifs is 1. The second-order valence-electron chi connectivity index (χ2n) is 18.8. The molecule has 0 bridgehead atoms. The molecule has 0 saturated heterocycles. The fourth-order valence-electron chi connectivity index (χ4n) is 6.58. The van der Waals surface area contributed by atoms with Crippen molar-refractivity contribution in [3.63, 3.8) is 0 Å². The van der Waals surface area contributed by atoms with Gasteiger partial charge in [0.2, 0.25) is 0 Å². The van der Waals surface area contributed by atoms with E-state index in [9.17, 15) is 9.59 Å². The molecule has 0 aliphatic carbocycles. The number of aromatic nitrogens is 4. The van der Waals surface area contributed by atoms with Crippen LogP contribution in [0.25, 0.3) is 10.2 Å². The van der Waals surface area contributed by atoms with Gasteiger partial charge < -0.3 is 33.6 Å². The molecule has 1 amide bonds. The molecule has 0 saturated carbocycles. The van der Waals surface area contributed by atoms with Gasteiger partial charge in [0, 0.05) is 38.7 Å². The second kappa shape index (κ2) is 24.7. The smallest absolute Gasteiger partial charge is 0.410 e. The van der Waals surface area contributed by atoms with Crippen LogP contribution in [0.3, 0.4) is 0 Å². The van der Waals surface area contributed by atoms with Gasteiger partial charge in [-0.15, -0.1) is 21.5 Å². The Balaban J connectivity index is 1.33. The van der Waals surface area contributed by atoms with Crippen LogP contribution >= 0.6 is 22.7 Å². The molecule has 0 spiro atoms. The van der Waals surface area contributed by atoms with Crippen molar-refractivity contribution < 1.29 is 32.9 Å². The number of nitrogens with zero attached hydrogens (tertiary/aromatic N) is 8. The van der Waals surface area contributed by atoms with Gasteiger partial charge in [-0.05, 0) is 122 Å².